The lowest BCUT2D eigenvalue weighted by Gasteiger charge is -2.29. The zero-order valence-electron chi connectivity index (χ0n) is 10.7. The fourth-order valence-electron chi connectivity index (χ4n) is 1.68. The molecule has 0 bridgehead atoms. The van der Waals surface area contributed by atoms with E-state index < -0.39 is 6.10 Å². The smallest absolute Gasteiger partial charge is 0.0807 e. The molecule has 1 rings (SSSR count). The second-order valence-corrected chi connectivity index (χ2v) is 5.58. The van der Waals surface area contributed by atoms with Gasteiger partial charge in [-0.15, -0.1) is 0 Å². The van der Waals surface area contributed by atoms with Gasteiger partial charge in [0.1, 0.15) is 0 Å². The Morgan fingerprint density at radius 3 is 2.31 bits per heavy atom. The number of aliphatic hydroxyl groups excluding tert-OH is 1. The van der Waals surface area contributed by atoms with Gasteiger partial charge >= 0.3 is 0 Å². The maximum Gasteiger partial charge on any atom is 0.0807 e. The van der Waals surface area contributed by atoms with Gasteiger partial charge in [0.2, 0.25) is 0 Å². The van der Waals surface area contributed by atoms with Gasteiger partial charge in [-0.3, -0.25) is 0 Å². The van der Waals surface area contributed by atoms with Crippen molar-refractivity contribution in [2.75, 3.05) is 0 Å². The Bertz CT molecular complexity index is 341. The Morgan fingerprint density at radius 1 is 1.25 bits per heavy atom. The van der Waals surface area contributed by atoms with Crippen LogP contribution in [0.4, 0.5) is 0 Å². The molecule has 2 heteroatoms. The van der Waals surface area contributed by atoms with Gasteiger partial charge in [0, 0.05) is 6.04 Å². The number of aryl methyl sites for hydroxylation is 1. The van der Waals surface area contributed by atoms with Crippen molar-refractivity contribution in [1.82, 2.24) is 0 Å². The van der Waals surface area contributed by atoms with Crippen molar-refractivity contribution in [3.63, 3.8) is 0 Å². The van der Waals surface area contributed by atoms with E-state index in [4.69, 9.17) is 5.73 Å². The van der Waals surface area contributed by atoms with Crippen LogP contribution in [0.3, 0.4) is 0 Å². The predicted molar refractivity (Wildman–Crippen MR) is 68.2 cm³/mol. The molecular formula is C14H23NO. The Balaban J connectivity index is 2.73. The lowest BCUT2D eigenvalue weighted by Crippen LogP contribution is -2.36. The minimum atomic E-state index is -0.463. The van der Waals surface area contributed by atoms with Crippen LogP contribution in [0.5, 0.6) is 0 Å². The third kappa shape index (κ3) is 3.32. The van der Waals surface area contributed by atoms with Gasteiger partial charge in [0.15, 0.2) is 0 Å². The molecule has 0 aliphatic rings. The van der Waals surface area contributed by atoms with Crippen LogP contribution < -0.4 is 5.73 Å². The molecule has 0 fully saturated rings. The first-order valence-corrected chi connectivity index (χ1v) is 5.81. The van der Waals surface area contributed by atoms with Crippen molar-refractivity contribution in [3.8, 4) is 0 Å². The van der Waals surface area contributed by atoms with E-state index in [0.717, 1.165) is 11.1 Å². The number of benzene rings is 1. The summed E-state index contributed by atoms with van der Waals surface area (Å²) in [7, 11) is 0. The average Bonchev–Trinajstić information content (AvgIpc) is 2.16. The molecule has 1 aromatic carbocycles. The summed E-state index contributed by atoms with van der Waals surface area (Å²) in [5, 5.41) is 10.2. The van der Waals surface area contributed by atoms with Gasteiger partial charge in [0.05, 0.1) is 6.10 Å². The van der Waals surface area contributed by atoms with Crippen molar-refractivity contribution in [1.29, 1.82) is 0 Å². The van der Waals surface area contributed by atoms with Crippen molar-refractivity contribution in [2.24, 2.45) is 11.1 Å². The van der Waals surface area contributed by atoms with Gasteiger partial charge in [0.25, 0.3) is 0 Å². The number of rotatable bonds is 3. The molecule has 0 spiro atoms. The zero-order chi connectivity index (χ0) is 12.3. The SMILES string of the molecule is Cc1ccccc1[C@@H](O)C[C@H](N)C(C)(C)C. The molecule has 0 aliphatic carbocycles. The largest absolute Gasteiger partial charge is 0.388 e. The Labute approximate surface area is 98.5 Å². The van der Waals surface area contributed by atoms with Crippen LogP contribution in [0, 0.1) is 12.3 Å². The highest BCUT2D eigenvalue weighted by molar-refractivity contribution is 5.27. The van der Waals surface area contributed by atoms with Crippen LogP contribution in [0.2, 0.25) is 0 Å². The molecule has 0 radical (unpaired) electrons. The fourth-order valence-corrected chi connectivity index (χ4v) is 1.68. The minimum absolute atomic E-state index is 0.00195. The highest BCUT2D eigenvalue weighted by Crippen LogP contribution is 2.27. The van der Waals surface area contributed by atoms with Gasteiger partial charge in [-0.25, -0.2) is 0 Å². The van der Waals surface area contributed by atoms with Gasteiger partial charge in [-0.1, -0.05) is 45.0 Å². The van der Waals surface area contributed by atoms with E-state index in [1.165, 1.54) is 0 Å². The van der Waals surface area contributed by atoms with E-state index in [0.29, 0.717) is 6.42 Å². The van der Waals surface area contributed by atoms with E-state index in [1.54, 1.807) is 0 Å². The van der Waals surface area contributed by atoms with Crippen LogP contribution in [0.1, 0.15) is 44.4 Å². The van der Waals surface area contributed by atoms with E-state index >= 15 is 0 Å². The molecule has 0 aromatic heterocycles. The van der Waals surface area contributed by atoms with Crippen LogP contribution in [0.25, 0.3) is 0 Å². The Hall–Kier alpha value is -0.860. The molecule has 2 nitrogen and oxygen atoms in total. The summed E-state index contributed by atoms with van der Waals surface area (Å²) in [5.41, 5.74) is 8.22. The molecule has 16 heavy (non-hydrogen) atoms. The highest BCUT2D eigenvalue weighted by atomic mass is 16.3. The summed E-state index contributed by atoms with van der Waals surface area (Å²) in [4.78, 5) is 0. The normalized spacial score (nSPS) is 15.9. The van der Waals surface area contributed by atoms with Crippen LogP contribution in [0.15, 0.2) is 24.3 Å². The molecule has 3 N–H and O–H groups in total. The summed E-state index contributed by atoms with van der Waals surface area (Å²) in [6, 6.07) is 7.92. The highest BCUT2D eigenvalue weighted by Gasteiger charge is 2.24. The van der Waals surface area contributed by atoms with E-state index in [1.807, 2.05) is 31.2 Å². The molecule has 90 valence electrons. The van der Waals surface area contributed by atoms with E-state index in [-0.39, 0.29) is 11.5 Å². The van der Waals surface area contributed by atoms with Crippen LogP contribution in [-0.4, -0.2) is 11.1 Å². The lowest BCUT2D eigenvalue weighted by molar-refractivity contribution is 0.133. The minimum Gasteiger partial charge on any atom is -0.388 e. The van der Waals surface area contributed by atoms with Gasteiger partial charge in [-0.2, -0.15) is 0 Å². The second kappa shape index (κ2) is 4.98. The summed E-state index contributed by atoms with van der Waals surface area (Å²) in [5.74, 6) is 0. The third-order valence-electron chi connectivity index (χ3n) is 3.14. The third-order valence-corrected chi connectivity index (χ3v) is 3.14. The summed E-state index contributed by atoms with van der Waals surface area (Å²) >= 11 is 0. The molecule has 0 saturated carbocycles. The van der Waals surface area contributed by atoms with Crippen molar-refractivity contribution < 1.29 is 5.11 Å². The Kier molecular flexibility index (Phi) is 4.11. The molecular weight excluding hydrogens is 198 g/mol. The molecule has 0 saturated heterocycles. The predicted octanol–water partition coefficient (Wildman–Crippen LogP) is 2.79. The number of hydrogen-bond donors (Lipinski definition) is 2. The maximum atomic E-state index is 10.2. The lowest BCUT2D eigenvalue weighted by atomic mass is 9.83. The maximum absolute atomic E-state index is 10.2. The van der Waals surface area contributed by atoms with Crippen LogP contribution in [-0.2, 0) is 0 Å². The van der Waals surface area contributed by atoms with E-state index in [2.05, 4.69) is 20.8 Å². The topological polar surface area (TPSA) is 46.2 Å². The molecule has 0 heterocycles. The zero-order valence-corrected chi connectivity index (χ0v) is 10.7. The Morgan fingerprint density at radius 2 is 1.81 bits per heavy atom. The summed E-state index contributed by atoms with van der Waals surface area (Å²) < 4.78 is 0. The number of nitrogens with two attached hydrogens (primary N) is 1. The molecule has 0 unspecified atom stereocenters. The number of aliphatic hydroxyl groups is 1. The molecule has 0 aliphatic heterocycles. The monoisotopic (exact) mass is 221 g/mol. The molecule has 2 atom stereocenters. The fraction of sp³-hybridized carbons (Fsp3) is 0.571. The molecule has 0 amide bonds. The first-order chi connectivity index (χ1) is 7.32. The first kappa shape index (κ1) is 13.2. The summed E-state index contributed by atoms with van der Waals surface area (Å²) in [6.07, 6.45) is 0.143. The standard InChI is InChI=1S/C14H23NO/c1-10-7-5-6-8-11(10)12(16)9-13(15)14(2,3)4/h5-8,12-13,16H,9,15H2,1-4H3/t12-,13-/m0/s1. The van der Waals surface area contributed by atoms with Crippen molar-refractivity contribution in [2.45, 2.75) is 46.3 Å². The quantitative estimate of drug-likeness (QED) is 0.824. The van der Waals surface area contributed by atoms with Gasteiger partial charge < -0.3 is 10.8 Å². The number of hydrogen-bond acceptors (Lipinski definition) is 2. The summed E-state index contributed by atoms with van der Waals surface area (Å²) in [6.45, 7) is 8.31. The van der Waals surface area contributed by atoms with Crippen molar-refractivity contribution in [3.05, 3.63) is 35.4 Å². The van der Waals surface area contributed by atoms with Crippen LogP contribution >= 0.6 is 0 Å². The van der Waals surface area contributed by atoms with Gasteiger partial charge in [-0.05, 0) is 29.9 Å². The second-order valence-electron chi connectivity index (χ2n) is 5.58. The average molecular weight is 221 g/mol. The van der Waals surface area contributed by atoms with Crippen molar-refractivity contribution >= 4 is 0 Å². The van der Waals surface area contributed by atoms with E-state index in [9.17, 15) is 5.11 Å². The first-order valence-electron chi connectivity index (χ1n) is 5.81. The molecule has 1 aromatic rings.